The fourth-order valence-corrected chi connectivity index (χ4v) is 4.03. The van der Waals surface area contributed by atoms with Gasteiger partial charge in [0.25, 0.3) is 0 Å². The minimum Gasteiger partial charge on any atom is -0.508 e. The van der Waals surface area contributed by atoms with Crippen LogP contribution in [-0.4, -0.2) is 82.0 Å². The Balaban J connectivity index is 1.75. The van der Waals surface area contributed by atoms with Crippen molar-refractivity contribution in [2.75, 3.05) is 33.7 Å². The quantitative estimate of drug-likeness (QED) is 0.188. The van der Waals surface area contributed by atoms with E-state index in [-0.39, 0.29) is 17.8 Å². The minimum absolute atomic E-state index is 0.116. The van der Waals surface area contributed by atoms with Crippen molar-refractivity contribution in [1.82, 2.24) is 30.5 Å². The summed E-state index contributed by atoms with van der Waals surface area (Å²) < 4.78 is 7.99. The molecule has 0 unspecified atom stereocenters. The summed E-state index contributed by atoms with van der Waals surface area (Å²) in [5, 5.41) is 27.3. The summed E-state index contributed by atoms with van der Waals surface area (Å²) in [6, 6.07) is 6.99. The first-order valence-corrected chi connectivity index (χ1v) is 12.5. The van der Waals surface area contributed by atoms with Crippen LogP contribution < -0.4 is 10.6 Å². The lowest BCUT2D eigenvalue weighted by Gasteiger charge is -2.35. The Hall–Kier alpha value is -3.34. The van der Waals surface area contributed by atoms with Crippen LogP contribution in [0.4, 0.5) is 4.79 Å². The summed E-state index contributed by atoms with van der Waals surface area (Å²) in [5.74, 6) is 0.238. The van der Waals surface area contributed by atoms with Gasteiger partial charge in [-0.3, -0.25) is 0 Å². The number of hydrogen-bond donors (Lipinski definition) is 3. The van der Waals surface area contributed by atoms with Crippen molar-refractivity contribution < 1.29 is 14.6 Å². The second-order valence-corrected chi connectivity index (χ2v) is 10.6. The van der Waals surface area contributed by atoms with E-state index in [1.165, 1.54) is 0 Å². The molecule has 1 atom stereocenters. The van der Waals surface area contributed by atoms with Gasteiger partial charge in [-0.25, -0.2) is 9.48 Å². The second-order valence-electron chi connectivity index (χ2n) is 10.6. The first kappa shape index (κ1) is 29.9. The molecule has 3 N–H and O–H groups in total. The topological polar surface area (TPSA) is 153 Å². The van der Waals surface area contributed by atoms with Gasteiger partial charge in [0, 0.05) is 43.2 Å². The third-order valence-corrected chi connectivity index (χ3v) is 5.86. The van der Waals surface area contributed by atoms with Gasteiger partial charge in [-0.15, -0.1) is 5.10 Å². The smallest absolute Gasteiger partial charge is 0.314 e. The predicted octanol–water partition coefficient (Wildman–Crippen LogP) is 3.27. The van der Waals surface area contributed by atoms with Crippen LogP contribution in [0.2, 0.25) is 0 Å². The van der Waals surface area contributed by atoms with Gasteiger partial charge >= 0.3 is 6.03 Å². The molecule has 0 saturated carbocycles. The molecule has 2 rings (SSSR count). The van der Waals surface area contributed by atoms with Crippen LogP contribution in [0, 0.1) is 0 Å². The standard InChI is InChI=1S/C25H41N9O3/c1-24(2,12-14-29-31-26)37-25(3,4)18-34-17-20(30-32-34)11-13-27-23(36)28-16-21(33(5)6)15-19-7-9-22(35)10-8-19/h7-10,17,21,35H,11-16,18H2,1-6H3,(H2,27,28,36)/t21-/m0/s1. The lowest BCUT2D eigenvalue weighted by atomic mass is 10.0. The van der Waals surface area contributed by atoms with Crippen LogP contribution >= 0.6 is 0 Å². The maximum absolute atomic E-state index is 12.3. The van der Waals surface area contributed by atoms with E-state index < -0.39 is 11.2 Å². The van der Waals surface area contributed by atoms with Crippen molar-refractivity contribution in [3.63, 3.8) is 0 Å². The molecule has 1 heterocycles. The first-order valence-electron chi connectivity index (χ1n) is 12.5. The molecule has 1 aromatic heterocycles. The SMILES string of the molecule is CN(C)[C@H](CNC(=O)NCCc1cn(CC(C)(C)OC(C)(C)CCN=[N+]=[N-])nn1)Cc1ccc(O)cc1. The Morgan fingerprint density at radius 1 is 1.22 bits per heavy atom. The van der Waals surface area contributed by atoms with Gasteiger partial charge in [-0.05, 0) is 77.9 Å². The average molecular weight is 516 g/mol. The summed E-state index contributed by atoms with van der Waals surface area (Å²) in [7, 11) is 3.95. The zero-order chi connectivity index (χ0) is 27.5. The van der Waals surface area contributed by atoms with Crippen LogP contribution in [0.5, 0.6) is 5.75 Å². The predicted molar refractivity (Wildman–Crippen MR) is 142 cm³/mol. The highest BCUT2D eigenvalue weighted by atomic mass is 16.5. The Bertz CT molecular complexity index is 1030. The van der Waals surface area contributed by atoms with E-state index in [1.807, 2.05) is 60.1 Å². The van der Waals surface area contributed by atoms with Crippen molar-refractivity contribution >= 4 is 6.03 Å². The number of aromatic hydroxyl groups is 1. The number of benzene rings is 1. The second kappa shape index (κ2) is 13.8. The highest BCUT2D eigenvalue weighted by Gasteiger charge is 2.29. The molecule has 0 radical (unpaired) electrons. The van der Waals surface area contributed by atoms with Crippen LogP contribution in [-0.2, 0) is 24.1 Å². The summed E-state index contributed by atoms with van der Waals surface area (Å²) in [4.78, 5) is 17.2. The number of nitrogens with zero attached hydrogens (tertiary/aromatic N) is 7. The highest BCUT2D eigenvalue weighted by Crippen LogP contribution is 2.24. The zero-order valence-electron chi connectivity index (χ0n) is 22.8. The fourth-order valence-electron chi connectivity index (χ4n) is 4.03. The van der Waals surface area contributed by atoms with Crippen molar-refractivity contribution in [1.29, 1.82) is 0 Å². The summed E-state index contributed by atoms with van der Waals surface area (Å²) in [6.07, 6.45) is 3.78. The maximum Gasteiger partial charge on any atom is 0.314 e. The van der Waals surface area contributed by atoms with E-state index in [2.05, 4.69) is 35.9 Å². The van der Waals surface area contributed by atoms with E-state index in [4.69, 9.17) is 10.3 Å². The number of urea groups is 1. The third-order valence-electron chi connectivity index (χ3n) is 5.86. The van der Waals surface area contributed by atoms with Gasteiger partial charge in [0.1, 0.15) is 5.75 Å². The van der Waals surface area contributed by atoms with Crippen molar-refractivity contribution in [3.05, 3.63) is 52.2 Å². The van der Waals surface area contributed by atoms with E-state index in [9.17, 15) is 9.90 Å². The van der Waals surface area contributed by atoms with Gasteiger partial charge in [-0.1, -0.05) is 22.5 Å². The zero-order valence-corrected chi connectivity index (χ0v) is 22.8. The van der Waals surface area contributed by atoms with Gasteiger partial charge in [0.2, 0.25) is 0 Å². The molecule has 12 nitrogen and oxygen atoms in total. The summed E-state index contributed by atoms with van der Waals surface area (Å²) in [5.41, 5.74) is 9.38. The van der Waals surface area contributed by atoms with Crippen molar-refractivity contribution in [2.24, 2.45) is 5.11 Å². The molecular formula is C25H41N9O3. The number of aromatic nitrogens is 3. The molecule has 2 aromatic rings. The molecule has 0 aliphatic carbocycles. The molecule has 0 aliphatic heterocycles. The Labute approximate surface area is 219 Å². The number of amides is 2. The Morgan fingerprint density at radius 3 is 2.57 bits per heavy atom. The van der Waals surface area contributed by atoms with Crippen LogP contribution in [0.15, 0.2) is 35.6 Å². The Morgan fingerprint density at radius 2 is 1.92 bits per heavy atom. The van der Waals surface area contributed by atoms with Gasteiger partial charge < -0.3 is 25.4 Å². The number of ether oxygens (including phenoxy) is 1. The number of carbonyl (C=O) groups is 1. The van der Waals surface area contributed by atoms with Gasteiger partial charge in [0.05, 0.1) is 23.4 Å². The number of rotatable bonds is 15. The van der Waals surface area contributed by atoms with E-state index in [0.29, 0.717) is 39.0 Å². The highest BCUT2D eigenvalue weighted by molar-refractivity contribution is 5.73. The molecule has 0 spiro atoms. The van der Waals surface area contributed by atoms with E-state index >= 15 is 0 Å². The number of likely N-dealkylation sites (N-methyl/N-ethyl adjacent to an activating group) is 1. The van der Waals surface area contributed by atoms with Gasteiger partial charge in [0.15, 0.2) is 0 Å². The molecule has 12 heteroatoms. The molecular weight excluding hydrogens is 474 g/mol. The molecule has 2 amide bonds. The number of phenolic OH excluding ortho intramolecular Hbond substituents is 1. The summed E-state index contributed by atoms with van der Waals surface area (Å²) >= 11 is 0. The minimum atomic E-state index is -0.508. The number of hydrogen-bond acceptors (Lipinski definition) is 7. The normalized spacial score (nSPS) is 12.7. The molecule has 204 valence electrons. The molecule has 0 fully saturated rings. The van der Waals surface area contributed by atoms with Crippen LogP contribution in [0.3, 0.4) is 0 Å². The average Bonchev–Trinajstić information content (AvgIpc) is 3.23. The lowest BCUT2D eigenvalue weighted by molar-refractivity contribution is -0.132. The van der Waals surface area contributed by atoms with E-state index in [1.54, 1.807) is 16.8 Å². The largest absolute Gasteiger partial charge is 0.508 e. The third kappa shape index (κ3) is 11.5. The molecule has 1 aromatic carbocycles. The van der Waals surface area contributed by atoms with E-state index in [0.717, 1.165) is 17.7 Å². The van der Waals surface area contributed by atoms with Crippen molar-refractivity contribution in [2.45, 2.75) is 70.7 Å². The lowest BCUT2D eigenvalue weighted by Crippen LogP contribution is -2.45. The van der Waals surface area contributed by atoms with Crippen molar-refractivity contribution in [3.8, 4) is 5.75 Å². The fraction of sp³-hybridized carbons (Fsp3) is 0.640. The Kier molecular flexibility index (Phi) is 11.2. The first-order chi connectivity index (χ1) is 17.4. The van der Waals surface area contributed by atoms with Crippen LogP contribution in [0.1, 0.15) is 45.4 Å². The number of carbonyl (C=O) groups excluding carboxylic acids is 1. The number of azide groups is 1. The molecule has 0 saturated heterocycles. The molecule has 0 aliphatic rings. The number of nitrogens with one attached hydrogen (secondary N) is 2. The summed E-state index contributed by atoms with van der Waals surface area (Å²) in [6.45, 7) is 9.72. The van der Waals surface area contributed by atoms with Crippen LogP contribution in [0.25, 0.3) is 10.4 Å². The monoisotopic (exact) mass is 515 g/mol. The van der Waals surface area contributed by atoms with Gasteiger partial charge in [-0.2, -0.15) is 0 Å². The molecule has 37 heavy (non-hydrogen) atoms. The molecule has 0 bridgehead atoms. The number of phenols is 1. The maximum atomic E-state index is 12.3.